The third-order valence-electron chi connectivity index (χ3n) is 4.86. The van der Waals surface area contributed by atoms with E-state index in [4.69, 9.17) is 5.26 Å². The van der Waals surface area contributed by atoms with Gasteiger partial charge < -0.3 is 5.32 Å². The van der Waals surface area contributed by atoms with E-state index in [9.17, 15) is 4.79 Å². The van der Waals surface area contributed by atoms with E-state index < -0.39 is 0 Å². The maximum absolute atomic E-state index is 12.7. The van der Waals surface area contributed by atoms with Crippen LogP contribution < -0.4 is 5.32 Å². The minimum Gasteiger partial charge on any atom is -0.326 e. The van der Waals surface area contributed by atoms with Gasteiger partial charge in [-0.15, -0.1) is 0 Å². The van der Waals surface area contributed by atoms with Crippen LogP contribution in [0.25, 0.3) is 0 Å². The summed E-state index contributed by atoms with van der Waals surface area (Å²) in [7, 11) is 0. The van der Waals surface area contributed by atoms with Crippen molar-refractivity contribution in [1.29, 1.82) is 5.26 Å². The predicted molar refractivity (Wildman–Crippen MR) is 89.2 cm³/mol. The zero-order valence-corrected chi connectivity index (χ0v) is 13.8. The standard InChI is InChI=1S/C19H26N2O/c1-13(2)17-9-4-14(3)12-18(17)19(22)21-16-7-5-15(6-8-16)10-11-20/h5-8,13-14,17-18H,4,9-10,12H2,1-3H3,(H,21,22)/t14-,17?,18?/m1/s1. The number of benzene rings is 1. The van der Waals surface area contributed by atoms with Gasteiger partial charge in [-0.2, -0.15) is 5.26 Å². The van der Waals surface area contributed by atoms with Gasteiger partial charge in [-0.05, 0) is 48.3 Å². The quantitative estimate of drug-likeness (QED) is 0.895. The summed E-state index contributed by atoms with van der Waals surface area (Å²) in [5.74, 6) is 1.92. The highest BCUT2D eigenvalue weighted by molar-refractivity contribution is 5.92. The summed E-state index contributed by atoms with van der Waals surface area (Å²) in [6.45, 7) is 6.68. The molecule has 1 N–H and O–H groups in total. The van der Waals surface area contributed by atoms with Crippen molar-refractivity contribution < 1.29 is 4.79 Å². The molecule has 2 rings (SSSR count). The van der Waals surface area contributed by atoms with Crippen molar-refractivity contribution in [3.05, 3.63) is 29.8 Å². The fourth-order valence-corrected chi connectivity index (χ4v) is 3.54. The second-order valence-electron chi connectivity index (χ2n) is 6.95. The number of anilines is 1. The molecule has 1 saturated carbocycles. The van der Waals surface area contributed by atoms with Gasteiger partial charge in [0.2, 0.25) is 5.91 Å². The third kappa shape index (κ3) is 4.10. The Bertz CT molecular complexity index is 542. The van der Waals surface area contributed by atoms with E-state index in [1.165, 1.54) is 6.42 Å². The Hall–Kier alpha value is -1.82. The molecule has 3 atom stereocenters. The molecule has 1 aliphatic carbocycles. The summed E-state index contributed by atoms with van der Waals surface area (Å²) in [6.07, 6.45) is 3.78. The van der Waals surface area contributed by atoms with Gasteiger partial charge in [-0.3, -0.25) is 4.79 Å². The van der Waals surface area contributed by atoms with Crippen molar-refractivity contribution in [2.45, 2.75) is 46.5 Å². The SMILES string of the molecule is CC(C)C1CC[C@@H](C)CC1C(=O)Nc1ccc(CC#N)cc1. The molecule has 1 amide bonds. The van der Waals surface area contributed by atoms with E-state index in [0.29, 0.717) is 24.2 Å². The molecular weight excluding hydrogens is 272 g/mol. The van der Waals surface area contributed by atoms with E-state index in [-0.39, 0.29) is 11.8 Å². The zero-order valence-electron chi connectivity index (χ0n) is 13.8. The number of carbonyl (C=O) groups is 1. The van der Waals surface area contributed by atoms with Gasteiger partial charge in [-0.25, -0.2) is 0 Å². The predicted octanol–water partition coefficient (Wildman–Crippen LogP) is 4.40. The third-order valence-corrected chi connectivity index (χ3v) is 4.86. The van der Waals surface area contributed by atoms with Crippen molar-refractivity contribution in [2.75, 3.05) is 5.32 Å². The van der Waals surface area contributed by atoms with Gasteiger partial charge in [-0.1, -0.05) is 39.3 Å². The second-order valence-corrected chi connectivity index (χ2v) is 6.95. The van der Waals surface area contributed by atoms with Crippen molar-refractivity contribution in [2.24, 2.45) is 23.7 Å². The van der Waals surface area contributed by atoms with Crippen LogP contribution in [0, 0.1) is 35.0 Å². The Morgan fingerprint density at radius 3 is 2.59 bits per heavy atom. The maximum atomic E-state index is 12.7. The van der Waals surface area contributed by atoms with E-state index in [0.717, 1.165) is 24.1 Å². The first-order valence-corrected chi connectivity index (χ1v) is 8.28. The van der Waals surface area contributed by atoms with E-state index >= 15 is 0 Å². The number of nitriles is 1. The molecule has 0 saturated heterocycles. The molecule has 3 heteroatoms. The molecule has 1 aromatic rings. The molecule has 22 heavy (non-hydrogen) atoms. The molecule has 1 fully saturated rings. The van der Waals surface area contributed by atoms with Crippen LogP contribution in [0.1, 0.15) is 45.6 Å². The Morgan fingerprint density at radius 2 is 2.00 bits per heavy atom. The van der Waals surface area contributed by atoms with Crippen LogP contribution in [0.15, 0.2) is 24.3 Å². The van der Waals surface area contributed by atoms with Crippen molar-refractivity contribution in [3.63, 3.8) is 0 Å². The van der Waals surface area contributed by atoms with Crippen LogP contribution in [-0.2, 0) is 11.2 Å². The van der Waals surface area contributed by atoms with Gasteiger partial charge in [0.05, 0.1) is 12.5 Å². The van der Waals surface area contributed by atoms with Gasteiger partial charge in [0.15, 0.2) is 0 Å². The minimum atomic E-state index is 0.113. The molecule has 0 bridgehead atoms. The molecule has 118 valence electrons. The average Bonchev–Trinajstić information content (AvgIpc) is 2.49. The number of amides is 1. The van der Waals surface area contributed by atoms with Crippen molar-refractivity contribution in [3.8, 4) is 6.07 Å². The molecule has 0 aromatic heterocycles. The summed E-state index contributed by atoms with van der Waals surface area (Å²) in [5.41, 5.74) is 1.80. The Balaban J connectivity index is 2.04. The molecule has 0 radical (unpaired) electrons. The van der Waals surface area contributed by atoms with E-state index in [1.54, 1.807) is 0 Å². The fraction of sp³-hybridized carbons (Fsp3) is 0.579. The number of hydrogen-bond donors (Lipinski definition) is 1. The number of rotatable bonds is 4. The van der Waals surface area contributed by atoms with Crippen molar-refractivity contribution in [1.82, 2.24) is 0 Å². The van der Waals surface area contributed by atoms with Crippen LogP contribution in [-0.4, -0.2) is 5.91 Å². The molecule has 3 nitrogen and oxygen atoms in total. The summed E-state index contributed by atoms with van der Waals surface area (Å²) >= 11 is 0. The lowest BCUT2D eigenvalue weighted by molar-refractivity contribution is -0.123. The molecule has 1 aliphatic rings. The van der Waals surface area contributed by atoms with Crippen LogP contribution in [0.5, 0.6) is 0 Å². The van der Waals surface area contributed by atoms with Crippen LogP contribution >= 0.6 is 0 Å². The Morgan fingerprint density at radius 1 is 1.32 bits per heavy atom. The number of nitrogens with zero attached hydrogens (tertiary/aromatic N) is 1. The van der Waals surface area contributed by atoms with E-state index in [1.807, 2.05) is 24.3 Å². The molecule has 2 unspecified atom stereocenters. The largest absolute Gasteiger partial charge is 0.326 e. The van der Waals surface area contributed by atoms with Crippen LogP contribution in [0.2, 0.25) is 0 Å². The second kappa shape index (κ2) is 7.45. The Labute approximate surface area is 133 Å². The average molecular weight is 298 g/mol. The minimum absolute atomic E-state index is 0.113. The number of carbonyl (C=O) groups excluding carboxylic acids is 1. The molecular formula is C19H26N2O. The monoisotopic (exact) mass is 298 g/mol. The summed E-state index contributed by atoms with van der Waals surface area (Å²) in [4.78, 5) is 12.7. The number of hydrogen-bond acceptors (Lipinski definition) is 2. The van der Waals surface area contributed by atoms with Crippen molar-refractivity contribution >= 4 is 11.6 Å². The highest BCUT2D eigenvalue weighted by Crippen LogP contribution is 2.38. The highest BCUT2D eigenvalue weighted by Gasteiger charge is 2.35. The smallest absolute Gasteiger partial charge is 0.227 e. The first-order valence-electron chi connectivity index (χ1n) is 8.28. The summed E-state index contributed by atoms with van der Waals surface area (Å²) in [6, 6.07) is 9.72. The topological polar surface area (TPSA) is 52.9 Å². The first kappa shape index (κ1) is 16.5. The lowest BCUT2D eigenvalue weighted by atomic mass is 9.70. The maximum Gasteiger partial charge on any atom is 0.227 e. The fourth-order valence-electron chi connectivity index (χ4n) is 3.54. The van der Waals surface area contributed by atoms with Gasteiger partial charge in [0.25, 0.3) is 0 Å². The summed E-state index contributed by atoms with van der Waals surface area (Å²) in [5, 5.41) is 11.8. The zero-order chi connectivity index (χ0) is 16.1. The molecule has 0 spiro atoms. The highest BCUT2D eigenvalue weighted by atomic mass is 16.1. The first-order chi connectivity index (χ1) is 10.5. The number of nitrogens with one attached hydrogen (secondary N) is 1. The lowest BCUT2D eigenvalue weighted by Crippen LogP contribution is -2.36. The van der Waals surface area contributed by atoms with Crippen LogP contribution in [0.3, 0.4) is 0 Å². The van der Waals surface area contributed by atoms with Gasteiger partial charge in [0, 0.05) is 11.6 Å². The molecule has 0 heterocycles. The molecule has 1 aromatic carbocycles. The van der Waals surface area contributed by atoms with E-state index in [2.05, 4.69) is 32.2 Å². The normalized spacial score (nSPS) is 24.8. The lowest BCUT2D eigenvalue weighted by Gasteiger charge is -2.36. The Kier molecular flexibility index (Phi) is 5.60. The van der Waals surface area contributed by atoms with Gasteiger partial charge >= 0.3 is 0 Å². The van der Waals surface area contributed by atoms with Crippen LogP contribution in [0.4, 0.5) is 5.69 Å². The summed E-state index contributed by atoms with van der Waals surface area (Å²) < 4.78 is 0. The molecule has 0 aliphatic heterocycles. The van der Waals surface area contributed by atoms with Gasteiger partial charge in [0.1, 0.15) is 0 Å².